The van der Waals surface area contributed by atoms with Crippen molar-refractivity contribution < 1.29 is 18.7 Å². The summed E-state index contributed by atoms with van der Waals surface area (Å²) in [5.41, 5.74) is 2.38. The summed E-state index contributed by atoms with van der Waals surface area (Å²) in [6.45, 7) is -0.206. The van der Waals surface area contributed by atoms with E-state index in [2.05, 4.69) is 20.5 Å². The first-order valence-corrected chi connectivity index (χ1v) is 16.2. The Balaban J connectivity index is 1.00. The van der Waals surface area contributed by atoms with E-state index in [1.54, 1.807) is 6.08 Å². The van der Waals surface area contributed by atoms with Crippen molar-refractivity contribution in [3.8, 4) is 5.75 Å². The molecule has 1 N–H and O–H groups in total. The molecule has 9 nitrogen and oxygen atoms in total. The van der Waals surface area contributed by atoms with Crippen molar-refractivity contribution in [3.63, 3.8) is 0 Å². The van der Waals surface area contributed by atoms with Gasteiger partial charge in [0, 0.05) is 0 Å². The van der Waals surface area contributed by atoms with Gasteiger partial charge in [-0.1, -0.05) is 77.8 Å². The summed E-state index contributed by atoms with van der Waals surface area (Å²) >= 11 is 9.23. The maximum absolute atomic E-state index is 13.0. The Kier molecular flexibility index (Phi) is 8.65. The van der Waals surface area contributed by atoms with E-state index in [4.69, 9.17) is 21.4 Å². The van der Waals surface area contributed by atoms with E-state index >= 15 is 0 Å². The van der Waals surface area contributed by atoms with Crippen LogP contribution in [0.3, 0.4) is 0 Å². The largest absolute Gasteiger partial charge is 0.490 e. The lowest BCUT2D eigenvalue weighted by Gasteiger charge is -2.22. The predicted octanol–water partition coefficient (Wildman–Crippen LogP) is 6.52. The van der Waals surface area contributed by atoms with Gasteiger partial charge in [-0.05, 0) is 61.6 Å². The maximum Gasteiger partial charge on any atom is 0.266 e. The molecule has 210 valence electrons. The molecule has 2 amide bonds. The number of aromatic nitrogens is 3. The molecule has 13 heteroatoms. The number of thiocarbonyl (C=S) groups is 1. The second kappa shape index (κ2) is 12.7. The number of carbonyl (C=O) groups is 2. The van der Waals surface area contributed by atoms with E-state index in [0.29, 0.717) is 30.3 Å². The number of amides is 2. The van der Waals surface area contributed by atoms with Gasteiger partial charge in [0.25, 0.3) is 11.1 Å². The summed E-state index contributed by atoms with van der Waals surface area (Å²) in [6, 6.07) is 15.3. The lowest BCUT2D eigenvalue weighted by molar-refractivity contribution is -0.126. The number of anilines is 1. The van der Waals surface area contributed by atoms with Crippen LogP contribution in [0.2, 0.25) is 0 Å². The highest BCUT2D eigenvalue weighted by Gasteiger charge is 2.33. The molecule has 0 bridgehead atoms. The van der Waals surface area contributed by atoms with E-state index in [-0.39, 0.29) is 18.6 Å². The minimum atomic E-state index is -0.402. The lowest BCUT2D eigenvalue weighted by Crippen LogP contribution is -2.36. The van der Waals surface area contributed by atoms with E-state index in [1.807, 2.05) is 48.5 Å². The van der Waals surface area contributed by atoms with Crippen LogP contribution in [-0.2, 0) is 15.3 Å². The molecule has 6 rings (SSSR count). The molecule has 1 saturated heterocycles. The number of oxazole rings is 1. The van der Waals surface area contributed by atoms with Gasteiger partial charge in [-0.25, -0.2) is 4.98 Å². The van der Waals surface area contributed by atoms with Crippen molar-refractivity contribution in [1.29, 1.82) is 0 Å². The monoisotopic (exact) mass is 623 g/mol. The van der Waals surface area contributed by atoms with Crippen LogP contribution < -0.4 is 10.1 Å². The van der Waals surface area contributed by atoms with Crippen LogP contribution in [0.25, 0.3) is 17.2 Å². The second-order valence-electron chi connectivity index (χ2n) is 9.50. The van der Waals surface area contributed by atoms with Crippen molar-refractivity contribution in [2.75, 3.05) is 11.9 Å². The maximum atomic E-state index is 13.0. The van der Waals surface area contributed by atoms with Gasteiger partial charge in [-0.2, -0.15) is 0 Å². The van der Waals surface area contributed by atoms with Crippen molar-refractivity contribution in [2.45, 2.75) is 49.2 Å². The van der Waals surface area contributed by atoms with Crippen molar-refractivity contribution in [3.05, 3.63) is 64.0 Å². The van der Waals surface area contributed by atoms with Crippen molar-refractivity contribution >= 4 is 85.5 Å². The zero-order valence-corrected chi connectivity index (χ0v) is 25.0. The Morgan fingerprint density at radius 1 is 1.15 bits per heavy atom. The van der Waals surface area contributed by atoms with Crippen LogP contribution >= 0.6 is 47.1 Å². The van der Waals surface area contributed by atoms with Gasteiger partial charge in [0.15, 0.2) is 5.58 Å². The highest BCUT2D eigenvalue weighted by atomic mass is 32.2. The van der Waals surface area contributed by atoms with E-state index < -0.39 is 5.91 Å². The molecule has 4 aromatic rings. The second-order valence-corrected chi connectivity index (χ2v) is 13.2. The minimum Gasteiger partial charge on any atom is -0.490 e. The smallest absolute Gasteiger partial charge is 0.266 e. The predicted molar refractivity (Wildman–Crippen MR) is 166 cm³/mol. The highest BCUT2D eigenvalue weighted by molar-refractivity contribution is 8.26. The van der Waals surface area contributed by atoms with Crippen LogP contribution in [-0.4, -0.2) is 48.9 Å². The molecule has 1 aliphatic heterocycles. The van der Waals surface area contributed by atoms with Crippen LogP contribution in [0.1, 0.15) is 42.7 Å². The first kappa shape index (κ1) is 27.9. The fraction of sp³-hybridized carbons (Fsp3) is 0.286. The van der Waals surface area contributed by atoms with Gasteiger partial charge in [-0.15, -0.1) is 10.2 Å². The third-order valence-electron chi connectivity index (χ3n) is 6.51. The molecule has 41 heavy (non-hydrogen) atoms. The molecule has 0 radical (unpaired) electrons. The molecule has 2 fully saturated rings. The summed E-state index contributed by atoms with van der Waals surface area (Å²) in [4.78, 5) is 31.9. The number of carbonyl (C=O) groups excluding carboxylic acids is 2. The zero-order chi connectivity index (χ0) is 28.2. The number of nitrogens with one attached hydrogen (secondary N) is 1. The summed E-state index contributed by atoms with van der Waals surface area (Å²) in [6.07, 6.45) is 7.97. The van der Waals surface area contributed by atoms with Crippen LogP contribution in [0.15, 0.2) is 63.1 Å². The lowest BCUT2D eigenvalue weighted by atomic mass is 9.98. The molecule has 0 spiro atoms. The number of nitrogens with zero attached hydrogens (tertiary/aromatic N) is 4. The Bertz CT molecular complexity index is 1580. The number of fused-ring (bicyclic) bond motifs is 1. The number of hydrogen-bond acceptors (Lipinski definition) is 11. The van der Waals surface area contributed by atoms with Crippen LogP contribution in [0, 0.1) is 0 Å². The molecular formula is C28H25N5O4S4. The molecular weight excluding hydrogens is 599 g/mol. The van der Waals surface area contributed by atoms with Crippen molar-refractivity contribution in [1.82, 2.24) is 20.1 Å². The average molecular weight is 624 g/mol. The van der Waals surface area contributed by atoms with E-state index in [0.717, 1.165) is 35.3 Å². The molecule has 2 aliphatic rings. The number of rotatable bonds is 9. The number of benzene rings is 2. The van der Waals surface area contributed by atoms with Gasteiger partial charge in [0.05, 0.1) is 16.8 Å². The van der Waals surface area contributed by atoms with Gasteiger partial charge in [0.1, 0.15) is 27.1 Å². The average Bonchev–Trinajstić information content (AvgIpc) is 3.67. The Hall–Kier alpha value is -3.26. The van der Waals surface area contributed by atoms with Gasteiger partial charge in [0.2, 0.25) is 11.0 Å². The van der Waals surface area contributed by atoms with E-state index in [1.165, 1.54) is 59.0 Å². The molecule has 1 aliphatic carbocycles. The molecule has 0 unspecified atom stereocenters. The molecule has 1 saturated carbocycles. The summed E-state index contributed by atoms with van der Waals surface area (Å²) in [7, 11) is 0. The molecule has 2 aromatic heterocycles. The van der Waals surface area contributed by atoms with Crippen molar-refractivity contribution in [2.24, 2.45) is 0 Å². The Morgan fingerprint density at radius 2 is 1.95 bits per heavy atom. The topological polar surface area (TPSA) is 110 Å². The number of ether oxygens (including phenoxy) is 1. The van der Waals surface area contributed by atoms with Gasteiger partial charge >= 0.3 is 0 Å². The Labute approximate surface area is 254 Å². The SMILES string of the molecule is O=C(CN1C(=O)/C(=C/c2ccc(OC3CCCCC3)cc2)SC1=S)Nc1nnc(CSc2nc3ccccc3o2)s1. The standard InChI is InChI=1S/C28H25N5O4S4/c34-23(30-26-32-31-24(41-26)16-39-27-29-20-8-4-5-9-21(20)37-27)15-33-25(35)22(40-28(33)38)14-17-10-12-19(13-11-17)36-18-6-2-1-3-7-18/h4-5,8-14,18H,1-3,6-7,15-16H2,(H,30,32,34)/b22-14-. The van der Waals surface area contributed by atoms with Crippen LogP contribution in [0.4, 0.5) is 5.13 Å². The number of thioether (sulfide) groups is 2. The molecule has 3 heterocycles. The molecule has 2 aromatic carbocycles. The van der Waals surface area contributed by atoms with Gasteiger partial charge in [-0.3, -0.25) is 19.8 Å². The normalized spacial score (nSPS) is 17.1. The van der Waals surface area contributed by atoms with Crippen LogP contribution in [0.5, 0.6) is 5.75 Å². The van der Waals surface area contributed by atoms with Gasteiger partial charge < -0.3 is 9.15 Å². The quantitative estimate of drug-likeness (QED) is 0.126. The first-order chi connectivity index (χ1) is 20.0. The summed E-state index contributed by atoms with van der Waals surface area (Å²) in [5.74, 6) is 0.627. The zero-order valence-electron chi connectivity index (χ0n) is 21.8. The Morgan fingerprint density at radius 3 is 2.76 bits per heavy atom. The fourth-order valence-electron chi connectivity index (χ4n) is 4.51. The summed E-state index contributed by atoms with van der Waals surface area (Å²) in [5, 5.41) is 12.5. The third-order valence-corrected chi connectivity index (χ3v) is 9.75. The van der Waals surface area contributed by atoms with E-state index in [9.17, 15) is 9.59 Å². The minimum absolute atomic E-state index is 0.206. The summed E-state index contributed by atoms with van der Waals surface area (Å²) < 4.78 is 12.1. The first-order valence-electron chi connectivity index (χ1n) is 13.1. The molecule has 0 atom stereocenters. The number of para-hydroxylation sites is 2. The third kappa shape index (κ3) is 6.97. The highest BCUT2D eigenvalue weighted by Crippen LogP contribution is 2.33. The number of hydrogen-bond donors (Lipinski definition) is 1. The fourth-order valence-corrected chi connectivity index (χ4v) is 7.34.